The number of benzene rings is 2. The summed E-state index contributed by atoms with van der Waals surface area (Å²) in [5.74, 6) is 0. The predicted octanol–water partition coefficient (Wildman–Crippen LogP) is 5.42. The molecule has 4 aromatic rings. The van der Waals surface area contributed by atoms with E-state index in [0.717, 1.165) is 37.8 Å². The van der Waals surface area contributed by atoms with Gasteiger partial charge in [0.15, 0.2) is 0 Å². The van der Waals surface area contributed by atoms with E-state index in [9.17, 15) is 0 Å². The molecule has 0 spiro atoms. The second-order valence-electron chi connectivity index (χ2n) is 5.59. The van der Waals surface area contributed by atoms with Crippen LogP contribution < -0.4 is 0 Å². The highest BCUT2D eigenvalue weighted by molar-refractivity contribution is 7.99. The summed E-state index contributed by atoms with van der Waals surface area (Å²) in [7, 11) is 0. The maximum Gasteiger partial charge on any atom is 0.131 e. The molecule has 2 aromatic heterocycles. The molecule has 0 unspecified atom stereocenters. The van der Waals surface area contributed by atoms with Crippen LogP contribution >= 0.6 is 23.4 Å². The zero-order chi connectivity index (χ0) is 17.1. The maximum atomic E-state index is 5.97. The highest BCUT2D eigenvalue weighted by Gasteiger charge is 2.11. The number of halogens is 1. The van der Waals surface area contributed by atoms with Gasteiger partial charge in [-0.3, -0.25) is 4.98 Å². The van der Waals surface area contributed by atoms with Crippen LogP contribution in [0.5, 0.6) is 0 Å². The van der Waals surface area contributed by atoms with Crippen molar-refractivity contribution in [2.75, 3.05) is 0 Å². The minimum atomic E-state index is 0.730. The number of rotatable bonds is 4. The molecular weight excluding hydrogens is 350 g/mol. The van der Waals surface area contributed by atoms with Gasteiger partial charge in [-0.25, -0.2) is 0 Å². The fraction of sp³-hybridized carbons (Fsp3) is 0.0500. The third kappa shape index (κ3) is 3.65. The van der Waals surface area contributed by atoms with Crippen LogP contribution in [0.3, 0.4) is 0 Å². The van der Waals surface area contributed by atoms with Crippen molar-refractivity contribution in [3.63, 3.8) is 0 Å². The first-order chi connectivity index (χ1) is 12.3. The first-order valence-corrected chi connectivity index (χ1v) is 9.06. The largest absolute Gasteiger partial charge is 0.265 e. The van der Waals surface area contributed by atoms with Gasteiger partial charge in [0.05, 0.1) is 5.69 Å². The second-order valence-corrected chi connectivity index (χ2v) is 7.08. The molecule has 5 heteroatoms. The molecular formula is C20H14ClN3S. The maximum absolute atomic E-state index is 5.97. The van der Waals surface area contributed by atoms with Crippen molar-refractivity contribution in [1.82, 2.24) is 15.2 Å². The molecule has 2 heterocycles. The summed E-state index contributed by atoms with van der Waals surface area (Å²) in [4.78, 5) is 5.16. The van der Waals surface area contributed by atoms with Gasteiger partial charge in [0.2, 0.25) is 0 Å². The lowest BCUT2D eigenvalue weighted by atomic mass is 10.1. The highest BCUT2D eigenvalue weighted by atomic mass is 35.5. The van der Waals surface area contributed by atoms with E-state index in [1.165, 1.54) is 5.56 Å². The lowest BCUT2D eigenvalue weighted by Gasteiger charge is -2.09. The number of pyridine rings is 1. The molecule has 0 bridgehead atoms. The summed E-state index contributed by atoms with van der Waals surface area (Å²) < 4.78 is 0. The molecule has 0 saturated heterocycles. The monoisotopic (exact) mass is 363 g/mol. The van der Waals surface area contributed by atoms with Crippen LogP contribution in [0.1, 0.15) is 11.3 Å². The minimum absolute atomic E-state index is 0.730. The fourth-order valence-electron chi connectivity index (χ4n) is 2.65. The molecule has 2 aromatic carbocycles. The van der Waals surface area contributed by atoms with Gasteiger partial charge >= 0.3 is 0 Å². The van der Waals surface area contributed by atoms with Crippen molar-refractivity contribution in [1.29, 1.82) is 0 Å². The smallest absolute Gasteiger partial charge is 0.131 e. The quantitative estimate of drug-likeness (QED) is 0.485. The van der Waals surface area contributed by atoms with Crippen molar-refractivity contribution < 1.29 is 0 Å². The van der Waals surface area contributed by atoms with Gasteiger partial charge in [-0.05, 0) is 42.0 Å². The van der Waals surface area contributed by atoms with Gasteiger partial charge < -0.3 is 0 Å². The summed E-state index contributed by atoms with van der Waals surface area (Å²) in [5.41, 5.74) is 2.15. The standard InChI is InChI=1S/C20H14ClN3S/c21-15-5-7-16(8-6-15)25-20-18-4-2-1-3-17(18)19(23-24-20)13-14-9-11-22-12-10-14/h1-12H,13H2. The second kappa shape index (κ2) is 7.21. The van der Waals surface area contributed by atoms with Crippen LogP contribution in [0.4, 0.5) is 0 Å². The van der Waals surface area contributed by atoms with E-state index in [2.05, 4.69) is 27.3 Å². The summed E-state index contributed by atoms with van der Waals surface area (Å²) in [6, 6.07) is 20.0. The number of fused-ring (bicyclic) bond motifs is 1. The molecule has 3 nitrogen and oxygen atoms in total. The number of nitrogens with zero attached hydrogens (tertiary/aromatic N) is 3. The minimum Gasteiger partial charge on any atom is -0.265 e. The van der Waals surface area contributed by atoms with E-state index in [1.54, 1.807) is 24.2 Å². The van der Waals surface area contributed by atoms with Gasteiger partial charge in [0, 0.05) is 39.5 Å². The van der Waals surface area contributed by atoms with Gasteiger partial charge in [0.25, 0.3) is 0 Å². The average Bonchev–Trinajstić information content (AvgIpc) is 2.66. The molecule has 0 N–H and O–H groups in total. The van der Waals surface area contributed by atoms with Crippen LogP contribution in [0.15, 0.2) is 83.0 Å². The Morgan fingerprint density at radius 2 is 1.52 bits per heavy atom. The van der Waals surface area contributed by atoms with Gasteiger partial charge in [-0.1, -0.05) is 47.6 Å². The van der Waals surface area contributed by atoms with Gasteiger partial charge in [-0.2, -0.15) is 5.10 Å². The van der Waals surface area contributed by atoms with E-state index in [0.29, 0.717) is 0 Å². The number of aromatic nitrogens is 3. The Kier molecular flexibility index (Phi) is 4.63. The fourth-order valence-corrected chi connectivity index (χ4v) is 3.64. The first kappa shape index (κ1) is 16.1. The highest BCUT2D eigenvalue weighted by Crippen LogP contribution is 2.33. The SMILES string of the molecule is Clc1ccc(Sc2nnc(Cc3ccncc3)c3ccccc23)cc1. The molecule has 0 atom stereocenters. The summed E-state index contributed by atoms with van der Waals surface area (Å²) in [6.45, 7) is 0. The topological polar surface area (TPSA) is 38.7 Å². The van der Waals surface area contributed by atoms with Crippen molar-refractivity contribution in [2.45, 2.75) is 16.3 Å². The lowest BCUT2D eigenvalue weighted by molar-refractivity contribution is 0.895. The van der Waals surface area contributed by atoms with Crippen LogP contribution in [-0.4, -0.2) is 15.2 Å². The molecule has 25 heavy (non-hydrogen) atoms. The molecule has 0 radical (unpaired) electrons. The normalized spacial score (nSPS) is 10.9. The van der Waals surface area contributed by atoms with Crippen molar-refractivity contribution >= 4 is 34.1 Å². The van der Waals surface area contributed by atoms with Gasteiger partial charge in [0.1, 0.15) is 5.03 Å². The van der Waals surface area contributed by atoms with E-state index >= 15 is 0 Å². The van der Waals surface area contributed by atoms with Crippen molar-refractivity contribution in [2.24, 2.45) is 0 Å². The summed E-state index contributed by atoms with van der Waals surface area (Å²) in [5, 5.41) is 12.9. The van der Waals surface area contributed by atoms with E-state index in [1.807, 2.05) is 48.5 Å². The Bertz CT molecular complexity index is 1000. The molecule has 0 fully saturated rings. The Hall–Kier alpha value is -2.43. The lowest BCUT2D eigenvalue weighted by Crippen LogP contribution is -1.98. The molecule has 0 aliphatic carbocycles. The molecule has 0 aliphatic heterocycles. The van der Waals surface area contributed by atoms with Crippen LogP contribution in [0.2, 0.25) is 5.02 Å². The van der Waals surface area contributed by atoms with E-state index in [-0.39, 0.29) is 0 Å². The first-order valence-electron chi connectivity index (χ1n) is 7.86. The predicted molar refractivity (Wildman–Crippen MR) is 102 cm³/mol. The molecule has 0 saturated carbocycles. The third-order valence-electron chi connectivity index (χ3n) is 3.88. The van der Waals surface area contributed by atoms with Gasteiger partial charge in [-0.15, -0.1) is 5.10 Å². The van der Waals surface area contributed by atoms with E-state index in [4.69, 9.17) is 11.6 Å². The Balaban J connectivity index is 1.72. The molecule has 0 amide bonds. The number of hydrogen-bond donors (Lipinski definition) is 0. The van der Waals surface area contributed by atoms with Crippen molar-refractivity contribution in [3.8, 4) is 0 Å². The van der Waals surface area contributed by atoms with Crippen LogP contribution in [0.25, 0.3) is 10.8 Å². The molecule has 122 valence electrons. The van der Waals surface area contributed by atoms with E-state index < -0.39 is 0 Å². The van der Waals surface area contributed by atoms with Crippen LogP contribution in [-0.2, 0) is 6.42 Å². The van der Waals surface area contributed by atoms with Crippen LogP contribution in [0, 0.1) is 0 Å². The zero-order valence-corrected chi connectivity index (χ0v) is 14.8. The summed E-state index contributed by atoms with van der Waals surface area (Å²) in [6.07, 6.45) is 4.34. The Morgan fingerprint density at radius 1 is 0.800 bits per heavy atom. The third-order valence-corrected chi connectivity index (χ3v) is 5.13. The Morgan fingerprint density at radius 3 is 2.28 bits per heavy atom. The molecule has 0 aliphatic rings. The average molecular weight is 364 g/mol. The molecule has 4 rings (SSSR count). The van der Waals surface area contributed by atoms with Crippen molar-refractivity contribution in [3.05, 3.63) is 89.3 Å². The number of hydrogen-bond acceptors (Lipinski definition) is 4. The Labute approximate surface area is 155 Å². The summed E-state index contributed by atoms with van der Waals surface area (Å²) >= 11 is 7.56. The zero-order valence-electron chi connectivity index (χ0n) is 13.3.